The molecule has 0 saturated heterocycles. The minimum absolute atomic E-state index is 0.211. The molecule has 0 unspecified atom stereocenters. The Hall–Kier alpha value is -1.28. The third-order valence-electron chi connectivity index (χ3n) is 2.49. The van der Waals surface area contributed by atoms with Gasteiger partial charge in [-0.05, 0) is 32.5 Å². The molecule has 0 fully saturated rings. The molecule has 7 nitrogen and oxygen atoms in total. The first-order valence-electron chi connectivity index (χ1n) is 6.56. The highest BCUT2D eigenvalue weighted by atomic mass is 32.2. The lowest BCUT2D eigenvalue weighted by atomic mass is 10.1. The Morgan fingerprint density at radius 1 is 1.10 bits per heavy atom. The van der Waals surface area contributed by atoms with Gasteiger partial charge >= 0.3 is 17.2 Å². The fourth-order valence-electron chi connectivity index (χ4n) is 1.13. The normalized spacial score (nSPS) is 12.7. The van der Waals surface area contributed by atoms with Gasteiger partial charge in [0.2, 0.25) is 6.79 Å². The highest BCUT2D eigenvalue weighted by molar-refractivity contribution is 8.14. The standard InChI is InChI=1S/C13H23NO6S/c1-6-18-11(16)9(14)13(4,5)21-12(17)20-7-19-10(15)8(2)3/h8-9H,6-7,14H2,1-5H3/t9-/m0/s1. The molecule has 0 aromatic heterocycles. The summed E-state index contributed by atoms with van der Waals surface area (Å²) in [5.41, 5.74) is 5.76. The minimum Gasteiger partial charge on any atom is -0.465 e. The molecule has 0 heterocycles. The van der Waals surface area contributed by atoms with Crippen LogP contribution in [0.5, 0.6) is 0 Å². The van der Waals surface area contributed by atoms with Gasteiger partial charge in [0.05, 0.1) is 12.5 Å². The summed E-state index contributed by atoms with van der Waals surface area (Å²) in [6.45, 7) is 8.00. The zero-order valence-electron chi connectivity index (χ0n) is 13.0. The van der Waals surface area contributed by atoms with E-state index >= 15 is 0 Å². The van der Waals surface area contributed by atoms with Crippen LogP contribution < -0.4 is 5.73 Å². The van der Waals surface area contributed by atoms with E-state index in [1.54, 1.807) is 34.6 Å². The van der Waals surface area contributed by atoms with Crippen molar-refractivity contribution in [2.24, 2.45) is 11.7 Å². The molecule has 0 saturated carbocycles. The molecule has 0 amide bonds. The molecule has 8 heteroatoms. The highest BCUT2D eigenvalue weighted by Gasteiger charge is 2.36. The first-order valence-corrected chi connectivity index (χ1v) is 7.38. The van der Waals surface area contributed by atoms with E-state index < -0.39 is 34.8 Å². The fraction of sp³-hybridized carbons (Fsp3) is 0.769. The molecule has 0 aliphatic rings. The van der Waals surface area contributed by atoms with Crippen molar-refractivity contribution in [3.8, 4) is 0 Å². The third-order valence-corrected chi connectivity index (χ3v) is 3.55. The maximum atomic E-state index is 11.6. The van der Waals surface area contributed by atoms with Crippen molar-refractivity contribution in [3.05, 3.63) is 0 Å². The number of esters is 2. The third kappa shape index (κ3) is 7.33. The number of rotatable bonds is 7. The van der Waals surface area contributed by atoms with E-state index in [0.29, 0.717) is 0 Å². The second-order valence-corrected chi connectivity index (χ2v) is 6.66. The van der Waals surface area contributed by atoms with Gasteiger partial charge in [-0.1, -0.05) is 13.8 Å². The molecule has 2 N–H and O–H groups in total. The van der Waals surface area contributed by atoms with Crippen LogP contribution in [0.25, 0.3) is 0 Å². The average Bonchev–Trinajstić information content (AvgIpc) is 2.37. The lowest BCUT2D eigenvalue weighted by molar-refractivity contribution is -0.155. The number of carbonyl (C=O) groups is 3. The van der Waals surface area contributed by atoms with Crippen LogP contribution in [0.2, 0.25) is 0 Å². The van der Waals surface area contributed by atoms with Gasteiger partial charge in [0.15, 0.2) is 0 Å². The zero-order chi connectivity index (χ0) is 16.6. The predicted octanol–water partition coefficient (Wildman–Crippen LogP) is 1.68. The fourth-order valence-corrected chi connectivity index (χ4v) is 1.89. The van der Waals surface area contributed by atoms with Crippen molar-refractivity contribution in [1.82, 2.24) is 0 Å². The number of hydrogen-bond acceptors (Lipinski definition) is 8. The smallest absolute Gasteiger partial charge is 0.370 e. The summed E-state index contributed by atoms with van der Waals surface area (Å²) in [7, 11) is 0. The van der Waals surface area contributed by atoms with E-state index in [9.17, 15) is 14.4 Å². The van der Waals surface area contributed by atoms with Gasteiger partial charge in [-0.3, -0.25) is 9.59 Å². The van der Waals surface area contributed by atoms with Crippen LogP contribution in [0, 0.1) is 5.92 Å². The summed E-state index contributed by atoms with van der Waals surface area (Å²) in [6, 6.07) is -0.979. The van der Waals surface area contributed by atoms with Crippen LogP contribution in [0.4, 0.5) is 4.79 Å². The van der Waals surface area contributed by atoms with E-state index in [0.717, 1.165) is 11.8 Å². The minimum atomic E-state index is -0.979. The lowest BCUT2D eigenvalue weighted by Gasteiger charge is -2.27. The van der Waals surface area contributed by atoms with E-state index in [1.807, 2.05) is 0 Å². The van der Waals surface area contributed by atoms with Gasteiger partial charge in [-0.25, -0.2) is 4.79 Å². The van der Waals surface area contributed by atoms with Crippen LogP contribution in [0.15, 0.2) is 0 Å². The van der Waals surface area contributed by atoms with E-state index in [1.165, 1.54) is 0 Å². The summed E-state index contributed by atoms with van der Waals surface area (Å²) < 4.78 is 13.4. The Kier molecular flexibility index (Phi) is 8.34. The maximum Gasteiger partial charge on any atom is 0.370 e. The zero-order valence-corrected chi connectivity index (χ0v) is 13.8. The Morgan fingerprint density at radius 3 is 2.14 bits per heavy atom. The molecule has 21 heavy (non-hydrogen) atoms. The van der Waals surface area contributed by atoms with Crippen molar-refractivity contribution < 1.29 is 28.6 Å². The highest BCUT2D eigenvalue weighted by Crippen LogP contribution is 2.29. The second-order valence-electron chi connectivity index (χ2n) is 5.07. The quantitative estimate of drug-likeness (QED) is 0.558. The number of ether oxygens (including phenoxy) is 3. The molecule has 1 atom stereocenters. The van der Waals surface area contributed by atoms with Crippen LogP contribution in [0.3, 0.4) is 0 Å². The van der Waals surface area contributed by atoms with Crippen molar-refractivity contribution in [3.63, 3.8) is 0 Å². The van der Waals surface area contributed by atoms with Gasteiger partial charge in [-0.2, -0.15) is 0 Å². The second kappa shape index (κ2) is 8.89. The van der Waals surface area contributed by atoms with Crippen molar-refractivity contribution >= 4 is 29.0 Å². The molecule has 0 aromatic rings. The van der Waals surface area contributed by atoms with Crippen LogP contribution in [0.1, 0.15) is 34.6 Å². The lowest BCUT2D eigenvalue weighted by Crippen LogP contribution is -2.48. The molecular weight excluding hydrogens is 298 g/mol. The van der Waals surface area contributed by atoms with Crippen molar-refractivity contribution in [1.29, 1.82) is 0 Å². The largest absolute Gasteiger partial charge is 0.465 e. The Labute approximate surface area is 128 Å². The predicted molar refractivity (Wildman–Crippen MR) is 78.6 cm³/mol. The monoisotopic (exact) mass is 321 g/mol. The molecule has 0 radical (unpaired) electrons. The van der Waals surface area contributed by atoms with Crippen LogP contribution in [-0.4, -0.2) is 41.4 Å². The van der Waals surface area contributed by atoms with Gasteiger partial charge < -0.3 is 19.9 Å². The Morgan fingerprint density at radius 2 is 1.67 bits per heavy atom. The van der Waals surface area contributed by atoms with E-state index in [4.69, 9.17) is 19.9 Å². The Bertz CT molecular complexity index is 383. The number of nitrogens with two attached hydrogens (primary N) is 1. The summed E-state index contributed by atoms with van der Waals surface area (Å²) in [5.74, 6) is -1.35. The maximum absolute atomic E-state index is 11.6. The summed E-state index contributed by atoms with van der Waals surface area (Å²) in [5, 5.41) is -0.684. The van der Waals surface area contributed by atoms with E-state index in [2.05, 4.69) is 0 Å². The molecule has 0 spiro atoms. The average molecular weight is 321 g/mol. The van der Waals surface area contributed by atoms with Gasteiger partial charge in [0.25, 0.3) is 0 Å². The van der Waals surface area contributed by atoms with Crippen LogP contribution in [-0.2, 0) is 23.8 Å². The topological polar surface area (TPSA) is 105 Å². The molecule has 122 valence electrons. The number of thioether (sulfide) groups is 1. The summed E-state index contributed by atoms with van der Waals surface area (Å²) in [4.78, 5) is 34.4. The number of hydrogen-bond donors (Lipinski definition) is 1. The summed E-state index contributed by atoms with van der Waals surface area (Å²) in [6.07, 6.45) is 0. The van der Waals surface area contributed by atoms with E-state index in [-0.39, 0.29) is 12.5 Å². The molecule has 0 bridgehead atoms. The van der Waals surface area contributed by atoms with Gasteiger partial charge in [0.1, 0.15) is 6.04 Å². The SMILES string of the molecule is CCOC(=O)[C@H](N)C(C)(C)SC(=O)OCOC(=O)C(C)C. The van der Waals surface area contributed by atoms with Gasteiger partial charge in [0, 0.05) is 4.75 Å². The molecule has 0 aromatic carbocycles. The first kappa shape index (κ1) is 19.7. The molecule has 0 aliphatic carbocycles. The molecule has 0 rings (SSSR count). The number of carbonyl (C=O) groups excluding carboxylic acids is 3. The molecular formula is C13H23NO6S. The van der Waals surface area contributed by atoms with Crippen molar-refractivity contribution in [2.45, 2.75) is 45.4 Å². The Balaban J connectivity index is 4.29. The van der Waals surface area contributed by atoms with Crippen LogP contribution >= 0.6 is 11.8 Å². The first-order chi connectivity index (χ1) is 9.61. The van der Waals surface area contributed by atoms with Gasteiger partial charge in [-0.15, -0.1) is 0 Å². The van der Waals surface area contributed by atoms with Crippen molar-refractivity contribution in [2.75, 3.05) is 13.4 Å². The summed E-state index contributed by atoms with van der Waals surface area (Å²) >= 11 is 0.746. The molecule has 0 aliphatic heterocycles.